The molecule has 3 atom stereocenters. The number of urea groups is 1. The normalized spacial score (nSPS) is 18.4. The highest BCUT2D eigenvalue weighted by Crippen LogP contribution is 2.27. The summed E-state index contributed by atoms with van der Waals surface area (Å²) < 4.78 is 6.23. The van der Waals surface area contributed by atoms with E-state index in [0.29, 0.717) is 18.7 Å². The maximum absolute atomic E-state index is 13.5. The molecule has 0 unspecified atom stereocenters. The lowest BCUT2D eigenvalue weighted by Crippen LogP contribution is -2.51. The topological polar surface area (TPSA) is 108 Å². The fraction of sp³-hybridized carbons (Fsp3) is 0.462. The van der Waals surface area contributed by atoms with E-state index in [1.54, 1.807) is 60.6 Å². The van der Waals surface area contributed by atoms with E-state index in [0.717, 1.165) is 5.56 Å². The monoisotopic (exact) mass is 479 g/mol. The van der Waals surface area contributed by atoms with Crippen LogP contribution in [0.3, 0.4) is 0 Å². The minimum atomic E-state index is -0.417. The van der Waals surface area contributed by atoms with Crippen molar-refractivity contribution in [3.05, 3.63) is 53.5 Å². The number of carbonyl (C=O) groups is 2. The van der Waals surface area contributed by atoms with Gasteiger partial charge in [-0.1, -0.05) is 18.8 Å². The Morgan fingerprint density at radius 1 is 1.29 bits per heavy atom. The van der Waals surface area contributed by atoms with Gasteiger partial charge in [-0.2, -0.15) is 0 Å². The molecule has 0 aromatic carbocycles. The second-order valence-corrected chi connectivity index (χ2v) is 9.17. The molecule has 0 bridgehead atoms. The predicted molar refractivity (Wildman–Crippen MR) is 132 cm³/mol. The summed E-state index contributed by atoms with van der Waals surface area (Å²) in [6.07, 6.45) is 4.47. The molecular weight excluding hydrogens is 446 g/mol. The minimum absolute atomic E-state index is 0.00761. The summed E-state index contributed by atoms with van der Waals surface area (Å²) in [4.78, 5) is 37.6. The van der Waals surface area contributed by atoms with Crippen molar-refractivity contribution in [2.75, 3.05) is 26.7 Å². The maximum atomic E-state index is 13.5. The Kier molecular flexibility index (Phi) is 8.66. The first kappa shape index (κ1) is 26.0. The molecule has 3 amide bonds. The number of nitrogens with zero attached hydrogens (tertiary/aromatic N) is 4. The Morgan fingerprint density at radius 3 is 2.63 bits per heavy atom. The molecule has 0 spiro atoms. The van der Waals surface area contributed by atoms with Crippen molar-refractivity contribution in [1.29, 1.82) is 0 Å². The van der Waals surface area contributed by atoms with Gasteiger partial charge < -0.3 is 25.0 Å². The second-order valence-electron chi connectivity index (χ2n) is 9.17. The highest BCUT2D eigenvalue weighted by molar-refractivity contribution is 5.97. The van der Waals surface area contributed by atoms with E-state index in [1.165, 1.54) is 0 Å². The van der Waals surface area contributed by atoms with Crippen LogP contribution in [-0.4, -0.2) is 81.7 Å². The van der Waals surface area contributed by atoms with Crippen LogP contribution in [0.5, 0.6) is 5.88 Å². The molecule has 0 saturated heterocycles. The fourth-order valence-corrected chi connectivity index (χ4v) is 3.68. The maximum Gasteiger partial charge on any atom is 0.317 e. The Balaban J connectivity index is 1.95. The van der Waals surface area contributed by atoms with Crippen LogP contribution in [0, 0.1) is 17.8 Å². The van der Waals surface area contributed by atoms with E-state index in [-0.39, 0.29) is 41.9 Å². The van der Waals surface area contributed by atoms with Crippen LogP contribution in [0.15, 0.2) is 36.8 Å². The van der Waals surface area contributed by atoms with Crippen molar-refractivity contribution in [3.8, 4) is 17.7 Å². The van der Waals surface area contributed by atoms with E-state index < -0.39 is 12.1 Å². The first-order valence-electron chi connectivity index (χ1n) is 11.7. The number of aliphatic hydroxyl groups is 1. The quantitative estimate of drug-likeness (QED) is 0.637. The average molecular weight is 480 g/mol. The largest absolute Gasteiger partial charge is 0.472 e. The van der Waals surface area contributed by atoms with E-state index in [4.69, 9.17) is 4.74 Å². The van der Waals surface area contributed by atoms with Gasteiger partial charge in [0, 0.05) is 55.3 Å². The molecule has 9 heteroatoms. The molecule has 1 aliphatic rings. The van der Waals surface area contributed by atoms with E-state index in [2.05, 4.69) is 27.1 Å². The third-order valence-electron chi connectivity index (χ3n) is 5.77. The molecule has 1 aliphatic heterocycles. The van der Waals surface area contributed by atoms with Crippen molar-refractivity contribution in [2.24, 2.45) is 5.92 Å². The summed E-state index contributed by atoms with van der Waals surface area (Å²) in [5.74, 6) is 5.86. The third kappa shape index (κ3) is 6.70. The van der Waals surface area contributed by atoms with Crippen molar-refractivity contribution < 1.29 is 19.4 Å². The zero-order valence-electron chi connectivity index (χ0n) is 20.9. The van der Waals surface area contributed by atoms with Crippen LogP contribution in [0.4, 0.5) is 4.79 Å². The van der Waals surface area contributed by atoms with E-state index >= 15 is 0 Å². The number of ether oxygens (including phenoxy) is 1. The van der Waals surface area contributed by atoms with Crippen molar-refractivity contribution in [1.82, 2.24) is 25.1 Å². The number of amides is 3. The van der Waals surface area contributed by atoms with Gasteiger partial charge in [0.2, 0.25) is 5.88 Å². The van der Waals surface area contributed by atoms with Gasteiger partial charge in [-0.05, 0) is 39.0 Å². The number of likely N-dealkylation sites (N-methyl/N-ethyl adjacent to an activating group) is 1. The molecule has 0 saturated carbocycles. The van der Waals surface area contributed by atoms with Crippen LogP contribution in [0.1, 0.15) is 49.2 Å². The highest BCUT2D eigenvalue weighted by Gasteiger charge is 2.34. The summed E-state index contributed by atoms with van der Waals surface area (Å²) in [6.45, 7) is 8.04. The molecule has 2 aromatic heterocycles. The highest BCUT2D eigenvalue weighted by atomic mass is 16.5. The summed E-state index contributed by atoms with van der Waals surface area (Å²) in [6, 6.07) is 4.66. The van der Waals surface area contributed by atoms with Gasteiger partial charge in [-0.25, -0.2) is 9.78 Å². The summed E-state index contributed by atoms with van der Waals surface area (Å²) in [7, 11) is 1.71. The van der Waals surface area contributed by atoms with E-state index in [1.807, 2.05) is 20.8 Å². The number of aliphatic hydroxyl groups excluding tert-OH is 1. The summed E-state index contributed by atoms with van der Waals surface area (Å²) in [5.41, 5.74) is 1.63. The Labute approximate surface area is 206 Å². The summed E-state index contributed by atoms with van der Waals surface area (Å²) in [5, 5.41) is 12.7. The van der Waals surface area contributed by atoms with Crippen LogP contribution in [0.25, 0.3) is 0 Å². The molecule has 0 fully saturated rings. The zero-order chi connectivity index (χ0) is 25.5. The number of rotatable bonds is 5. The van der Waals surface area contributed by atoms with Crippen LogP contribution >= 0.6 is 0 Å². The van der Waals surface area contributed by atoms with Gasteiger partial charge in [0.15, 0.2) is 0 Å². The number of pyridine rings is 2. The number of carbonyl (C=O) groups excluding carboxylic acids is 2. The smallest absolute Gasteiger partial charge is 0.317 e. The van der Waals surface area contributed by atoms with Gasteiger partial charge in [0.25, 0.3) is 5.91 Å². The first-order valence-corrected chi connectivity index (χ1v) is 11.7. The standard InChI is InChI=1S/C26H33N5O4/c1-17(2)29-26(34)30(5)15-23-18(3)14-31(19(4)16-32)25(33)22-12-21(13-28-24(22)35-23)7-6-20-8-10-27-11-9-20/h8-13,17-19,23,32H,14-16H2,1-5H3,(H,29,34)/t18-,19+,23+/m1/s1. The first-order chi connectivity index (χ1) is 16.7. The van der Waals surface area contributed by atoms with Crippen LogP contribution < -0.4 is 10.1 Å². The van der Waals surface area contributed by atoms with Gasteiger partial charge in [0.05, 0.1) is 19.2 Å². The lowest BCUT2D eigenvalue weighted by atomic mass is 10.00. The van der Waals surface area contributed by atoms with Gasteiger partial charge in [-0.15, -0.1) is 0 Å². The van der Waals surface area contributed by atoms with Crippen LogP contribution in [0.2, 0.25) is 0 Å². The number of hydrogen-bond acceptors (Lipinski definition) is 6. The lowest BCUT2D eigenvalue weighted by Gasteiger charge is -2.37. The number of nitrogens with one attached hydrogen (secondary N) is 1. The third-order valence-corrected chi connectivity index (χ3v) is 5.77. The van der Waals surface area contributed by atoms with Crippen LogP contribution in [-0.2, 0) is 0 Å². The fourth-order valence-electron chi connectivity index (χ4n) is 3.68. The Morgan fingerprint density at radius 2 is 1.97 bits per heavy atom. The molecular formula is C26H33N5O4. The number of fused-ring (bicyclic) bond motifs is 1. The predicted octanol–water partition coefficient (Wildman–Crippen LogP) is 2.15. The molecule has 0 radical (unpaired) electrons. The van der Waals surface area contributed by atoms with Gasteiger partial charge >= 0.3 is 6.03 Å². The molecule has 2 N–H and O–H groups in total. The SMILES string of the molecule is CC(C)NC(=O)N(C)C[C@@H]1Oc2ncc(C#Cc3ccncc3)cc2C(=O)N([C@@H](C)CO)C[C@H]1C. The molecule has 3 rings (SSSR count). The summed E-state index contributed by atoms with van der Waals surface area (Å²) >= 11 is 0. The zero-order valence-corrected chi connectivity index (χ0v) is 20.9. The van der Waals surface area contributed by atoms with Crippen molar-refractivity contribution in [3.63, 3.8) is 0 Å². The van der Waals surface area contributed by atoms with Gasteiger partial charge in [-0.3, -0.25) is 9.78 Å². The Bertz CT molecular complexity index is 1100. The Hall–Kier alpha value is -3.64. The molecule has 186 valence electrons. The van der Waals surface area contributed by atoms with Crippen molar-refractivity contribution in [2.45, 2.75) is 45.9 Å². The minimum Gasteiger partial charge on any atom is -0.472 e. The molecule has 0 aliphatic carbocycles. The van der Waals surface area contributed by atoms with Crippen molar-refractivity contribution >= 4 is 11.9 Å². The van der Waals surface area contributed by atoms with Gasteiger partial charge in [0.1, 0.15) is 11.7 Å². The number of aromatic nitrogens is 2. The van der Waals surface area contributed by atoms with E-state index in [9.17, 15) is 14.7 Å². The molecule has 9 nitrogen and oxygen atoms in total. The molecule has 3 heterocycles. The second kappa shape index (κ2) is 11.7. The average Bonchev–Trinajstić information content (AvgIpc) is 2.84. The lowest BCUT2D eigenvalue weighted by molar-refractivity contribution is 0.0351. The molecule has 2 aromatic rings. The molecule has 35 heavy (non-hydrogen) atoms. The number of hydrogen-bond donors (Lipinski definition) is 2.